The lowest BCUT2D eigenvalue weighted by molar-refractivity contribution is 0.102. The molecule has 0 bridgehead atoms. The Morgan fingerprint density at radius 3 is 2.48 bits per heavy atom. The fourth-order valence-electron chi connectivity index (χ4n) is 2.43. The van der Waals surface area contributed by atoms with E-state index in [1.54, 1.807) is 36.4 Å². The van der Waals surface area contributed by atoms with Crippen LogP contribution in [0.3, 0.4) is 0 Å². The van der Waals surface area contributed by atoms with Crippen molar-refractivity contribution in [2.75, 3.05) is 11.1 Å². The highest BCUT2D eigenvalue weighted by atomic mass is 19.1. The average Bonchev–Trinajstić information content (AvgIpc) is 2.64. The van der Waals surface area contributed by atoms with Crippen LogP contribution < -0.4 is 15.8 Å². The topological polar surface area (TPSA) is 90.1 Å². The third kappa shape index (κ3) is 4.58. The van der Waals surface area contributed by atoms with Gasteiger partial charge in [-0.3, -0.25) is 4.79 Å². The number of nitrogens with two attached hydrogens (primary N) is 1. The number of rotatable bonds is 5. The maximum atomic E-state index is 13.0. The molecule has 7 heteroatoms. The molecule has 0 radical (unpaired) electrons. The molecule has 2 aromatic heterocycles. The van der Waals surface area contributed by atoms with Gasteiger partial charge in [0.1, 0.15) is 11.4 Å². The molecular weight excluding hydrogens is 347 g/mol. The molecule has 0 atom stereocenters. The number of carbonyl (C=O) groups is 1. The van der Waals surface area contributed by atoms with Gasteiger partial charge in [0.2, 0.25) is 5.95 Å². The van der Waals surface area contributed by atoms with Gasteiger partial charge in [0, 0.05) is 11.8 Å². The summed E-state index contributed by atoms with van der Waals surface area (Å²) in [5.41, 5.74) is 8.50. The molecular formula is C20H19FN4O2. The van der Waals surface area contributed by atoms with Crippen molar-refractivity contribution < 1.29 is 13.9 Å². The average molecular weight is 366 g/mol. The highest BCUT2D eigenvalue weighted by Crippen LogP contribution is 2.27. The monoisotopic (exact) mass is 366 g/mol. The second-order valence-corrected chi connectivity index (χ2v) is 6.17. The molecule has 138 valence electrons. The van der Waals surface area contributed by atoms with E-state index >= 15 is 0 Å². The second kappa shape index (κ2) is 7.82. The summed E-state index contributed by atoms with van der Waals surface area (Å²) >= 11 is 0. The summed E-state index contributed by atoms with van der Waals surface area (Å²) in [6.07, 6.45) is 2.94. The number of hydrogen-bond donors (Lipinski definition) is 2. The zero-order chi connectivity index (χ0) is 19.4. The molecule has 0 fully saturated rings. The minimum Gasteiger partial charge on any atom is -0.489 e. The molecule has 3 N–H and O–H groups in total. The normalized spacial score (nSPS) is 10.7. The summed E-state index contributed by atoms with van der Waals surface area (Å²) in [7, 11) is 0. The van der Waals surface area contributed by atoms with Crippen LogP contribution in [0.2, 0.25) is 0 Å². The molecule has 3 rings (SSSR count). The predicted molar refractivity (Wildman–Crippen MR) is 102 cm³/mol. The number of nitrogen functional groups attached to an aromatic ring is 1. The van der Waals surface area contributed by atoms with E-state index in [4.69, 9.17) is 10.5 Å². The molecule has 0 saturated carbocycles. The van der Waals surface area contributed by atoms with Gasteiger partial charge in [0.25, 0.3) is 5.91 Å². The van der Waals surface area contributed by atoms with Crippen molar-refractivity contribution in [3.05, 3.63) is 66.5 Å². The number of nitrogens with zero attached hydrogens (tertiary/aromatic N) is 2. The minimum absolute atomic E-state index is 0.0231. The molecule has 6 nitrogen and oxygen atoms in total. The Hall–Kier alpha value is -3.48. The van der Waals surface area contributed by atoms with Gasteiger partial charge in [-0.15, -0.1) is 0 Å². The molecule has 27 heavy (non-hydrogen) atoms. The van der Waals surface area contributed by atoms with Crippen LogP contribution in [0.1, 0.15) is 24.3 Å². The van der Waals surface area contributed by atoms with Crippen LogP contribution in [-0.4, -0.2) is 22.0 Å². The number of nitrogens with one attached hydrogen (secondary N) is 1. The summed E-state index contributed by atoms with van der Waals surface area (Å²) < 4.78 is 18.5. The lowest BCUT2D eigenvalue weighted by Gasteiger charge is -2.11. The van der Waals surface area contributed by atoms with Gasteiger partial charge in [-0.05, 0) is 55.8 Å². The molecule has 0 spiro atoms. The van der Waals surface area contributed by atoms with Gasteiger partial charge in [0.15, 0.2) is 0 Å². The highest BCUT2D eigenvalue weighted by molar-refractivity contribution is 6.04. The predicted octanol–water partition coefficient (Wildman–Crippen LogP) is 3.90. The van der Waals surface area contributed by atoms with Crippen molar-refractivity contribution in [2.24, 2.45) is 0 Å². The van der Waals surface area contributed by atoms with Crippen LogP contribution in [0, 0.1) is 5.95 Å². The molecule has 0 saturated heterocycles. The Morgan fingerprint density at radius 2 is 1.85 bits per heavy atom. The van der Waals surface area contributed by atoms with Crippen molar-refractivity contribution >= 4 is 17.3 Å². The summed E-state index contributed by atoms with van der Waals surface area (Å²) in [4.78, 5) is 20.2. The Kier molecular flexibility index (Phi) is 5.30. The van der Waals surface area contributed by atoms with Gasteiger partial charge in [-0.25, -0.2) is 9.97 Å². The first-order valence-corrected chi connectivity index (χ1v) is 8.38. The molecule has 0 aliphatic carbocycles. The fraction of sp³-hybridized carbons (Fsp3) is 0.150. The quantitative estimate of drug-likeness (QED) is 0.528. The molecule has 3 aromatic rings. The zero-order valence-electron chi connectivity index (χ0n) is 14.9. The smallest absolute Gasteiger partial charge is 0.274 e. The highest BCUT2D eigenvalue weighted by Gasteiger charge is 2.11. The van der Waals surface area contributed by atoms with Crippen LogP contribution in [0.5, 0.6) is 5.75 Å². The fourth-order valence-corrected chi connectivity index (χ4v) is 2.43. The first-order chi connectivity index (χ1) is 12.9. The molecule has 0 aliphatic heterocycles. The third-order valence-electron chi connectivity index (χ3n) is 3.70. The number of anilines is 2. The van der Waals surface area contributed by atoms with Crippen molar-refractivity contribution in [1.82, 2.24) is 9.97 Å². The van der Waals surface area contributed by atoms with Crippen molar-refractivity contribution in [3.8, 4) is 16.9 Å². The van der Waals surface area contributed by atoms with E-state index < -0.39 is 11.9 Å². The van der Waals surface area contributed by atoms with E-state index in [9.17, 15) is 9.18 Å². The maximum absolute atomic E-state index is 13.0. The number of carbonyl (C=O) groups excluding carboxylic acids is 1. The van der Waals surface area contributed by atoms with Crippen LogP contribution in [-0.2, 0) is 0 Å². The van der Waals surface area contributed by atoms with Crippen molar-refractivity contribution in [1.29, 1.82) is 0 Å². The first kappa shape index (κ1) is 18.3. The number of benzene rings is 1. The van der Waals surface area contributed by atoms with E-state index in [-0.39, 0.29) is 11.8 Å². The van der Waals surface area contributed by atoms with E-state index in [2.05, 4.69) is 15.3 Å². The number of ether oxygens (including phenoxy) is 1. The van der Waals surface area contributed by atoms with Crippen LogP contribution >= 0.6 is 0 Å². The SMILES string of the molecule is CC(C)Oc1ccc(C(=O)Nc2cc(-c3ccc(F)nc3)ccc2N)nc1. The molecule has 2 heterocycles. The third-order valence-corrected chi connectivity index (χ3v) is 3.70. The Morgan fingerprint density at radius 1 is 1.07 bits per heavy atom. The summed E-state index contributed by atoms with van der Waals surface area (Å²) in [5.74, 6) is -0.363. The van der Waals surface area contributed by atoms with E-state index in [0.29, 0.717) is 22.7 Å². The Bertz CT molecular complexity index is 941. The second-order valence-electron chi connectivity index (χ2n) is 6.17. The number of hydrogen-bond acceptors (Lipinski definition) is 5. The Labute approximate surface area is 156 Å². The molecule has 1 amide bonds. The van der Waals surface area contributed by atoms with Crippen LogP contribution in [0.4, 0.5) is 15.8 Å². The molecule has 0 aliphatic rings. The van der Waals surface area contributed by atoms with Gasteiger partial charge in [-0.2, -0.15) is 4.39 Å². The van der Waals surface area contributed by atoms with E-state index in [1.165, 1.54) is 18.5 Å². The van der Waals surface area contributed by atoms with E-state index in [0.717, 1.165) is 5.56 Å². The summed E-state index contributed by atoms with van der Waals surface area (Å²) in [6, 6.07) is 11.3. The minimum atomic E-state index is -0.557. The van der Waals surface area contributed by atoms with Crippen LogP contribution in [0.15, 0.2) is 54.9 Å². The van der Waals surface area contributed by atoms with Gasteiger partial charge < -0.3 is 15.8 Å². The number of amides is 1. The van der Waals surface area contributed by atoms with E-state index in [1.807, 2.05) is 13.8 Å². The lowest BCUT2D eigenvalue weighted by atomic mass is 10.1. The standard InChI is InChI=1S/C20H19FN4O2/c1-12(2)27-15-5-7-17(23-11-15)20(26)25-18-9-13(3-6-16(18)22)14-4-8-19(21)24-10-14/h3-12H,22H2,1-2H3,(H,25,26). The number of pyridine rings is 2. The number of aromatic nitrogens is 2. The maximum Gasteiger partial charge on any atom is 0.274 e. The van der Waals surface area contributed by atoms with Crippen LogP contribution in [0.25, 0.3) is 11.1 Å². The van der Waals surface area contributed by atoms with Gasteiger partial charge in [-0.1, -0.05) is 6.07 Å². The molecule has 1 aromatic carbocycles. The Balaban J connectivity index is 1.79. The lowest BCUT2D eigenvalue weighted by Crippen LogP contribution is -2.15. The van der Waals surface area contributed by atoms with Crippen molar-refractivity contribution in [3.63, 3.8) is 0 Å². The zero-order valence-corrected chi connectivity index (χ0v) is 14.9. The largest absolute Gasteiger partial charge is 0.489 e. The van der Waals surface area contributed by atoms with Gasteiger partial charge >= 0.3 is 0 Å². The van der Waals surface area contributed by atoms with Gasteiger partial charge in [0.05, 0.1) is 23.7 Å². The summed E-state index contributed by atoms with van der Waals surface area (Å²) in [6.45, 7) is 3.82. The van der Waals surface area contributed by atoms with Crippen molar-refractivity contribution in [2.45, 2.75) is 20.0 Å². The number of halogens is 1. The summed E-state index contributed by atoms with van der Waals surface area (Å²) in [5, 5.41) is 2.75. The molecule has 0 unspecified atom stereocenters. The first-order valence-electron chi connectivity index (χ1n) is 8.38.